The first kappa shape index (κ1) is 22.4. The third-order valence-corrected chi connectivity index (χ3v) is 5.21. The summed E-state index contributed by atoms with van der Waals surface area (Å²) in [7, 11) is -2.66. The van der Waals surface area contributed by atoms with E-state index in [0.29, 0.717) is 6.42 Å². The molecule has 1 aromatic rings. The van der Waals surface area contributed by atoms with Gasteiger partial charge in [0.2, 0.25) is 15.9 Å². The predicted octanol–water partition coefficient (Wildman–Crippen LogP) is 0.959. The van der Waals surface area contributed by atoms with Gasteiger partial charge in [0.05, 0.1) is 12.6 Å². The second-order valence-electron chi connectivity index (χ2n) is 5.99. The molecule has 0 aliphatic carbocycles. The van der Waals surface area contributed by atoms with Gasteiger partial charge >= 0.3 is 6.18 Å². The summed E-state index contributed by atoms with van der Waals surface area (Å²) in [4.78, 5) is 12.9. The van der Waals surface area contributed by atoms with Crippen LogP contribution in [0.1, 0.15) is 24.8 Å². The molecule has 1 rings (SSSR count). The minimum atomic E-state index is -4.27. The lowest BCUT2D eigenvalue weighted by molar-refractivity contribution is -0.143. The van der Waals surface area contributed by atoms with Crippen molar-refractivity contribution in [2.24, 2.45) is 0 Å². The summed E-state index contributed by atoms with van der Waals surface area (Å²) < 4.78 is 68.2. The molecule has 0 radical (unpaired) electrons. The largest absolute Gasteiger partial charge is 0.401 e. The minimum Gasteiger partial charge on any atom is -0.360 e. The first-order chi connectivity index (χ1) is 11.8. The van der Waals surface area contributed by atoms with Crippen molar-refractivity contribution in [3.8, 4) is 0 Å². The maximum absolute atomic E-state index is 12.3. The van der Waals surface area contributed by atoms with E-state index in [-0.39, 0.29) is 29.4 Å². The highest BCUT2D eigenvalue weighted by Gasteiger charge is 2.29. The van der Waals surface area contributed by atoms with Gasteiger partial charge in [0.25, 0.3) is 0 Å². The quantitative estimate of drug-likeness (QED) is 0.599. The van der Waals surface area contributed by atoms with E-state index in [2.05, 4.69) is 15.2 Å². The molecule has 1 amide bonds. The molecule has 12 heteroatoms. The molecule has 150 valence electrons. The number of carbonyl (C=O) groups is 1. The average Bonchev–Trinajstić information content (AvgIpc) is 2.80. The molecule has 0 fully saturated rings. The standard InChI is InChI=1S/C14H23F3N4O4S/c1-9-12(11(3)25-19-9)26(23,24)20-10(2)13(22)18-6-5-7-21(4)8-14(15,16)17/h10,20H,5-8H2,1-4H3,(H,18,22)/t10-/m0/s1. The highest BCUT2D eigenvalue weighted by atomic mass is 32.2. The number of halogens is 3. The van der Waals surface area contributed by atoms with Crippen LogP contribution in [0.5, 0.6) is 0 Å². The molecule has 26 heavy (non-hydrogen) atoms. The summed E-state index contributed by atoms with van der Waals surface area (Å²) in [6.45, 7) is 3.50. The van der Waals surface area contributed by atoms with Crippen molar-refractivity contribution in [2.75, 3.05) is 26.7 Å². The Morgan fingerprint density at radius 3 is 2.46 bits per heavy atom. The number of nitrogens with zero attached hydrogens (tertiary/aromatic N) is 2. The number of aryl methyl sites for hydroxylation is 2. The monoisotopic (exact) mass is 400 g/mol. The van der Waals surface area contributed by atoms with Gasteiger partial charge in [-0.05, 0) is 40.8 Å². The molecule has 0 aliphatic heterocycles. The van der Waals surface area contributed by atoms with Crippen molar-refractivity contribution in [3.05, 3.63) is 11.5 Å². The lowest BCUT2D eigenvalue weighted by Crippen LogP contribution is -2.45. The Balaban J connectivity index is 2.46. The van der Waals surface area contributed by atoms with Gasteiger partial charge in [-0.15, -0.1) is 0 Å². The van der Waals surface area contributed by atoms with Crippen molar-refractivity contribution in [1.82, 2.24) is 20.1 Å². The Labute approximate surface area is 150 Å². The Hall–Kier alpha value is -1.66. The van der Waals surface area contributed by atoms with Crippen LogP contribution >= 0.6 is 0 Å². The van der Waals surface area contributed by atoms with Crippen LogP contribution in [0.2, 0.25) is 0 Å². The van der Waals surface area contributed by atoms with Crippen LogP contribution in [0.15, 0.2) is 9.42 Å². The van der Waals surface area contributed by atoms with Crippen molar-refractivity contribution in [2.45, 2.75) is 44.3 Å². The zero-order valence-corrected chi connectivity index (χ0v) is 15.8. The van der Waals surface area contributed by atoms with Crippen molar-refractivity contribution in [1.29, 1.82) is 0 Å². The van der Waals surface area contributed by atoms with Gasteiger partial charge in [-0.1, -0.05) is 5.16 Å². The second-order valence-corrected chi connectivity index (χ2v) is 7.64. The lowest BCUT2D eigenvalue weighted by Gasteiger charge is -2.19. The second kappa shape index (κ2) is 8.82. The van der Waals surface area contributed by atoms with E-state index in [4.69, 9.17) is 4.52 Å². The number of alkyl halides is 3. The van der Waals surface area contributed by atoms with Gasteiger partial charge in [0.15, 0.2) is 5.76 Å². The fourth-order valence-electron chi connectivity index (χ4n) is 2.30. The Kier molecular flexibility index (Phi) is 7.59. The molecule has 0 saturated carbocycles. The maximum atomic E-state index is 12.3. The van der Waals surface area contributed by atoms with Gasteiger partial charge in [-0.3, -0.25) is 9.69 Å². The number of sulfonamides is 1. The number of hydrogen-bond acceptors (Lipinski definition) is 6. The summed E-state index contributed by atoms with van der Waals surface area (Å²) in [6, 6.07) is -1.07. The first-order valence-electron chi connectivity index (χ1n) is 7.81. The molecule has 1 atom stereocenters. The Morgan fingerprint density at radius 2 is 1.96 bits per heavy atom. The molecule has 0 bridgehead atoms. The minimum absolute atomic E-state index is 0.107. The fourth-order valence-corrected chi connectivity index (χ4v) is 3.83. The van der Waals surface area contributed by atoms with E-state index < -0.39 is 34.7 Å². The fraction of sp³-hybridized carbons (Fsp3) is 0.714. The summed E-state index contributed by atoms with van der Waals surface area (Å²) in [5.41, 5.74) is 0.176. The number of aromatic nitrogens is 1. The summed E-state index contributed by atoms with van der Waals surface area (Å²) in [6.07, 6.45) is -3.98. The van der Waals surface area contributed by atoms with Gasteiger partial charge in [0.1, 0.15) is 10.6 Å². The average molecular weight is 400 g/mol. The molecule has 1 heterocycles. The van der Waals surface area contributed by atoms with Crippen LogP contribution in [-0.2, 0) is 14.8 Å². The predicted molar refractivity (Wildman–Crippen MR) is 86.9 cm³/mol. The van der Waals surface area contributed by atoms with Crippen molar-refractivity contribution < 1.29 is 30.9 Å². The number of hydrogen-bond donors (Lipinski definition) is 2. The number of rotatable bonds is 9. The SMILES string of the molecule is Cc1noc(C)c1S(=O)(=O)N[C@@H](C)C(=O)NCCCN(C)CC(F)(F)F. The molecular formula is C14H23F3N4O4S. The highest BCUT2D eigenvalue weighted by molar-refractivity contribution is 7.89. The molecular weight excluding hydrogens is 377 g/mol. The number of carbonyl (C=O) groups excluding carboxylic acids is 1. The molecule has 0 unspecified atom stereocenters. The van der Waals surface area contributed by atoms with E-state index in [1.165, 1.54) is 27.8 Å². The van der Waals surface area contributed by atoms with Crippen LogP contribution in [0.3, 0.4) is 0 Å². The Morgan fingerprint density at radius 1 is 1.35 bits per heavy atom. The third kappa shape index (κ3) is 6.92. The van der Waals surface area contributed by atoms with Gasteiger partial charge in [-0.2, -0.15) is 17.9 Å². The maximum Gasteiger partial charge on any atom is 0.401 e. The van der Waals surface area contributed by atoms with Crippen molar-refractivity contribution in [3.63, 3.8) is 0 Å². The molecule has 0 saturated heterocycles. The molecule has 1 aromatic heterocycles. The summed E-state index contributed by atoms with van der Waals surface area (Å²) in [5.74, 6) is -0.478. The van der Waals surface area contributed by atoms with E-state index in [0.717, 1.165) is 4.90 Å². The number of amides is 1. The zero-order valence-electron chi connectivity index (χ0n) is 15.0. The normalized spacial score (nSPS) is 13.8. The molecule has 2 N–H and O–H groups in total. The smallest absolute Gasteiger partial charge is 0.360 e. The van der Waals surface area contributed by atoms with Gasteiger partial charge in [0, 0.05) is 6.54 Å². The van der Waals surface area contributed by atoms with Crippen LogP contribution in [-0.4, -0.2) is 63.3 Å². The zero-order chi connectivity index (χ0) is 20.1. The first-order valence-corrected chi connectivity index (χ1v) is 9.30. The molecule has 8 nitrogen and oxygen atoms in total. The molecule has 0 aromatic carbocycles. The van der Waals surface area contributed by atoms with Crippen molar-refractivity contribution >= 4 is 15.9 Å². The number of nitrogens with one attached hydrogen (secondary N) is 2. The van der Waals surface area contributed by atoms with E-state index in [1.807, 2.05) is 0 Å². The summed E-state index contributed by atoms with van der Waals surface area (Å²) >= 11 is 0. The molecule has 0 spiro atoms. The topological polar surface area (TPSA) is 105 Å². The van der Waals surface area contributed by atoms with Crippen LogP contribution in [0.4, 0.5) is 13.2 Å². The van der Waals surface area contributed by atoms with E-state index in [1.54, 1.807) is 0 Å². The summed E-state index contributed by atoms with van der Waals surface area (Å²) in [5, 5.41) is 6.04. The highest BCUT2D eigenvalue weighted by Crippen LogP contribution is 2.19. The third-order valence-electron chi connectivity index (χ3n) is 3.43. The van der Waals surface area contributed by atoms with Gasteiger partial charge < -0.3 is 9.84 Å². The molecule has 0 aliphatic rings. The Bertz CT molecular complexity index is 699. The van der Waals surface area contributed by atoms with E-state index in [9.17, 15) is 26.4 Å². The van der Waals surface area contributed by atoms with E-state index >= 15 is 0 Å². The van der Waals surface area contributed by atoms with Gasteiger partial charge in [-0.25, -0.2) is 8.42 Å². The van der Waals surface area contributed by atoms with Crippen LogP contribution in [0, 0.1) is 13.8 Å². The lowest BCUT2D eigenvalue weighted by atomic mass is 10.3. The van der Waals surface area contributed by atoms with Crippen LogP contribution < -0.4 is 10.0 Å². The van der Waals surface area contributed by atoms with Crippen LogP contribution in [0.25, 0.3) is 0 Å².